The van der Waals surface area contributed by atoms with Crippen LogP contribution in [-0.2, 0) is 24.2 Å². The van der Waals surface area contributed by atoms with Crippen LogP contribution < -0.4 is 5.32 Å². The predicted molar refractivity (Wildman–Crippen MR) is 106 cm³/mol. The zero-order valence-electron chi connectivity index (χ0n) is 16.2. The molecule has 144 valence electrons. The number of likely N-dealkylation sites (tertiary alicyclic amines) is 1. The summed E-state index contributed by atoms with van der Waals surface area (Å²) in [5.74, 6) is 1.33. The van der Waals surface area contributed by atoms with E-state index < -0.39 is 0 Å². The summed E-state index contributed by atoms with van der Waals surface area (Å²) in [4.78, 5) is 15.1. The monoisotopic (exact) mass is 366 g/mol. The molecule has 0 spiro atoms. The third-order valence-corrected chi connectivity index (χ3v) is 6.15. The summed E-state index contributed by atoms with van der Waals surface area (Å²) in [6.07, 6.45) is 8.53. The van der Waals surface area contributed by atoms with Crippen molar-refractivity contribution in [2.45, 2.75) is 58.0 Å². The average molecular weight is 367 g/mol. The molecule has 2 aliphatic rings. The molecular formula is C23H30N2O2. The molecule has 1 atom stereocenters. The second kappa shape index (κ2) is 8.30. The van der Waals surface area contributed by atoms with E-state index in [0.717, 1.165) is 38.2 Å². The fourth-order valence-corrected chi connectivity index (χ4v) is 4.41. The molecule has 1 aliphatic heterocycles. The van der Waals surface area contributed by atoms with E-state index in [1.807, 2.05) is 12.1 Å². The van der Waals surface area contributed by atoms with Gasteiger partial charge in [-0.3, -0.25) is 9.69 Å². The van der Waals surface area contributed by atoms with Crippen molar-refractivity contribution in [1.82, 2.24) is 10.2 Å². The number of carbonyl (C=O) groups excluding carboxylic acids is 1. The average Bonchev–Trinajstić information content (AvgIpc) is 3.21. The van der Waals surface area contributed by atoms with Crippen LogP contribution in [0.1, 0.15) is 61.1 Å². The van der Waals surface area contributed by atoms with E-state index in [1.54, 1.807) is 6.26 Å². The van der Waals surface area contributed by atoms with Crippen molar-refractivity contribution in [3.63, 3.8) is 0 Å². The third-order valence-electron chi connectivity index (χ3n) is 6.15. The Kier molecular flexibility index (Phi) is 5.63. The smallest absolute Gasteiger partial charge is 0.223 e. The van der Waals surface area contributed by atoms with Crippen LogP contribution in [-0.4, -0.2) is 23.9 Å². The lowest BCUT2D eigenvalue weighted by molar-refractivity contribution is -0.127. The molecule has 1 aromatic carbocycles. The molecule has 27 heavy (non-hydrogen) atoms. The molecule has 0 saturated carbocycles. The summed E-state index contributed by atoms with van der Waals surface area (Å²) in [6, 6.07) is 10.8. The van der Waals surface area contributed by atoms with Gasteiger partial charge in [0.1, 0.15) is 5.76 Å². The Balaban J connectivity index is 1.29. The highest BCUT2D eigenvalue weighted by Crippen LogP contribution is 2.26. The number of hydrogen-bond acceptors (Lipinski definition) is 3. The molecule has 4 rings (SSSR count). The fourth-order valence-electron chi connectivity index (χ4n) is 4.41. The number of amides is 1. The molecule has 1 aliphatic carbocycles. The first-order valence-electron chi connectivity index (χ1n) is 10.4. The van der Waals surface area contributed by atoms with Gasteiger partial charge < -0.3 is 9.73 Å². The minimum absolute atomic E-state index is 0.0749. The van der Waals surface area contributed by atoms with Crippen LogP contribution in [0.15, 0.2) is 41.0 Å². The number of fused-ring (bicyclic) bond motifs is 1. The van der Waals surface area contributed by atoms with Crippen molar-refractivity contribution in [2.24, 2.45) is 5.92 Å². The van der Waals surface area contributed by atoms with Gasteiger partial charge in [0.25, 0.3) is 0 Å². The number of piperidine rings is 1. The summed E-state index contributed by atoms with van der Waals surface area (Å²) in [7, 11) is 0. The molecule has 4 nitrogen and oxygen atoms in total. The van der Waals surface area contributed by atoms with Crippen LogP contribution in [0.25, 0.3) is 0 Å². The van der Waals surface area contributed by atoms with Gasteiger partial charge in [-0.2, -0.15) is 0 Å². The standard InChI is InChI=1S/C23H30N2O2/c1-17(20-9-8-18-5-2-3-6-21(18)15-20)24-23(26)19-10-12-25(13-11-19)16-22-7-4-14-27-22/h4,7-9,14-15,17,19H,2-3,5-6,10-13,16H2,1H3,(H,24,26)/t17-/m0/s1. The highest BCUT2D eigenvalue weighted by atomic mass is 16.3. The second-order valence-electron chi connectivity index (χ2n) is 8.10. The Bertz CT molecular complexity index is 761. The number of hydrogen-bond donors (Lipinski definition) is 1. The van der Waals surface area contributed by atoms with Gasteiger partial charge >= 0.3 is 0 Å². The van der Waals surface area contributed by atoms with Gasteiger partial charge in [-0.25, -0.2) is 0 Å². The van der Waals surface area contributed by atoms with Gasteiger partial charge in [0.05, 0.1) is 18.8 Å². The Hall–Kier alpha value is -2.07. The van der Waals surface area contributed by atoms with Gasteiger partial charge in [0.15, 0.2) is 0 Å². The normalized spacial score (nSPS) is 19.4. The number of aryl methyl sites for hydroxylation is 2. The molecule has 0 radical (unpaired) electrons. The Morgan fingerprint density at radius 2 is 1.96 bits per heavy atom. The van der Waals surface area contributed by atoms with E-state index in [1.165, 1.54) is 42.4 Å². The van der Waals surface area contributed by atoms with Crippen molar-refractivity contribution in [3.8, 4) is 0 Å². The minimum Gasteiger partial charge on any atom is -0.468 e. The first kappa shape index (κ1) is 18.3. The van der Waals surface area contributed by atoms with Gasteiger partial charge in [-0.15, -0.1) is 0 Å². The van der Waals surface area contributed by atoms with E-state index in [2.05, 4.69) is 35.3 Å². The lowest BCUT2D eigenvalue weighted by Gasteiger charge is -2.31. The first-order chi connectivity index (χ1) is 13.2. The summed E-state index contributed by atoms with van der Waals surface area (Å²) >= 11 is 0. The van der Waals surface area contributed by atoms with Crippen molar-refractivity contribution < 1.29 is 9.21 Å². The van der Waals surface area contributed by atoms with E-state index in [9.17, 15) is 4.79 Å². The topological polar surface area (TPSA) is 45.5 Å². The van der Waals surface area contributed by atoms with Crippen molar-refractivity contribution >= 4 is 5.91 Å². The number of nitrogens with one attached hydrogen (secondary N) is 1. The molecule has 4 heteroatoms. The molecule has 2 heterocycles. The summed E-state index contributed by atoms with van der Waals surface area (Å²) in [6.45, 7) is 4.85. The Labute approximate surface area is 161 Å². The molecule has 1 aromatic heterocycles. The minimum atomic E-state index is 0.0749. The Morgan fingerprint density at radius 1 is 1.19 bits per heavy atom. The molecule has 0 bridgehead atoms. The van der Waals surface area contributed by atoms with Crippen LogP contribution in [0.4, 0.5) is 0 Å². The zero-order chi connectivity index (χ0) is 18.6. The first-order valence-corrected chi connectivity index (χ1v) is 10.4. The third kappa shape index (κ3) is 4.44. The number of nitrogens with zero attached hydrogens (tertiary/aromatic N) is 1. The van der Waals surface area contributed by atoms with Crippen molar-refractivity contribution in [1.29, 1.82) is 0 Å². The number of benzene rings is 1. The molecule has 1 amide bonds. The van der Waals surface area contributed by atoms with Crippen LogP contribution in [0.2, 0.25) is 0 Å². The van der Waals surface area contributed by atoms with Gasteiger partial charge in [-0.05, 0) is 87.4 Å². The van der Waals surface area contributed by atoms with Gasteiger partial charge in [0, 0.05) is 5.92 Å². The summed E-state index contributed by atoms with van der Waals surface area (Å²) < 4.78 is 5.43. The molecule has 0 unspecified atom stereocenters. The molecule has 1 N–H and O–H groups in total. The molecular weight excluding hydrogens is 336 g/mol. The van der Waals surface area contributed by atoms with Crippen LogP contribution >= 0.6 is 0 Å². The quantitative estimate of drug-likeness (QED) is 0.860. The number of rotatable bonds is 5. The van der Waals surface area contributed by atoms with E-state index in [4.69, 9.17) is 4.42 Å². The van der Waals surface area contributed by atoms with Crippen LogP contribution in [0.5, 0.6) is 0 Å². The molecule has 2 aromatic rings. The predicted octanol–water partition coefficient (Wildman–Crippen LogP) is 4.25. The van der Waals surface area contributed by atoms with Gasteiger partial charge in [-0.1, -0.05) is 18.2 Å². The van der Waals surface area contributed by atoms with Crippen LogP contribution in [0.3, 0.4) is 0 Å². The van der Waals surface area contributed by atoms with E-state index in [0.29, 0.717) is 0 Å². The number of furan rings is 1. The summed E-state index contributed by atoms with van der Waals surface area (Å²) in [5, 5.41) is 3.26. The largest absolute Gasteiger partial charge is 0.468 e. The van der Waals surface area contributed by atoms with Crippen LogP contribution in [0, 0.1) is 5.92 Å². The SMILES string of the molecule is C[C@H](NC(=O)C1CCN(Cc2ccco2)CC1)c1ccc2c(c1)CCCC2. The van der Waals surface area contributed by atoms with Crippen molar-refractivity contribution in [2.75, 3.05) is 13.1 Å². The Morgan fingerprint density at radius 3 is 2.70 bits per heavy atom. The highest BCUT2D eigenvalue weighted by molar-refractivity contribution is 5.79. The highest BCUT2D eigenvalue weighted by Gasteiger charge is 2.26. The van der Waals surface area contributed by atoms with E-state index in [-0.39, 0.29) is 17.9 Å². The lowest BCUT2D eigenvalue weighted by atomic mass is 9.89. The summed E-state index contributed by atoms with van der Waals surface area (Å²) in [5.41, 5.74) is 4.21. The van der Waals surface area contributed by atoms with Gasteiger partial charge in [0.2, 0.25) is 5.91 Å². The maximum Gasteiger partial charge on any atom is 0.223 e. The lowest BCUT2D eigenvalue weighted by Crippen LogP contribution is -2.40. The maximum atomic E-state index is 12.7. The molecule has 1 saturated heterocycles. The maximum absolute atomic E-state index is 12.7. The fraction of sp³-hybridized carbons (Fsp3) is 0.522. The van der Waals surface area contributed by atoms with Crippen molar-refractivity contribution in [3.05, 3.63) is 59.0 Å². The molecule has 1 fully saturated rings. The van der Waals surface area contributed by atoms with E-state index >= 15 is 0 Å². The zero-order valence-corrected chi connectivity index (χ0v) is 16.2. The number of carbonyl (C=O) groups is 1. The second-order valence-corrected chi connectivity index (χ2v) is 8.10.